The van der Waals surface area contributed by atoms with E-state index >= 15 is 0 Å². The monoisotopic (exact) mass is 378 g/mol. The second kappa shape index (κ2) is 6.80. The summed E-state index contributed by atoms with van der Waals surface area (Å²) in [5.41, 5.74) is 3.45. The lowest BCUT2D eigenvalue weighted by atomic mass is 9.73. The molecule has 1 atom stereocenters. The lowest BCUT2D eigenvalue weighted by Gasteiger charge is -2.40. The number of fused-ring (bicyclic) bond motifs is 2. The smallest absolute Gasteiger partial charge is 0.257 e. The number of carbonyl (C=O) groups excluding carboxylic acids is 2. The number of nitrogens with zero attached hydrogens (tertiary/aromatic N) is 1. The molecular weight excluding hydrogens is 352 g/mol. The minimum atomic E-state index is 0.0512. The molecule has 1 saturated carbocycles. The highest BCUT2D eigenvalue weighted by Crippen LogP contribution is 2.52. The summed E-state index contributed by atoms with van der Waals surface area (Å²) < 4.78 is 5.06. The summed E-state index contributed by atoms with van der Waals surface area (Å²) in [7, 11) is 0. The zero-order chi connectivity index (χ0) is 19.1. The van der Waals surface area contributed by atoms with Crippen LogP contribution in [0.3, 0.4) is 0 Å². The number of carbonyl (C=O) groups is 2. The van der Waals surface area contributed by atoms with Crippen molar-refractivity contribution in [3.8, 4) is 0 Å². The number of nitrogens with one attached hydrogen (secondary N) is 1. The van der Waals surface area contributed by atoms with E-state index in [-0.39, 0.29) is 23.1 Å². The summed E-state index contributed by atoms with van der Waals surface area (Å²) in [6, 6.07) is 10.8. The van der Waals surface area contributed by atoms with Crippen molar-refractivity contribution < 1.29 is 14.0 Å². The van der Waals surface area contributed by atoms with Gasteiger partial charge in [-0.3, -0.25) is 9.59 Å². The van der Waals surface area contributed by atoms with Crippen molar-refractivity contribution in [2.45, 2.75) is 55.9 Å². The van der Waals surface area contributed by atoms with Crippen LogP contribution in [-0.2, 0) is 10.2 Å². The fraction of sp³-hybridized carbons (Fsp3) is 0.478. The molecule has 0 unspecified atom stereocenters. The van der Waals surface area contributed by atoms with E-state index < -0.39 is 0 Å². The third-order valence-corrected chi connectivity index (χ3v) is 6.76. The van der Waals surface area contributed by atoms with Crippen LogP contribution < -0.4 is 5.32 Å². The van der Waals surface area contributed by atoms with Crippen LogP contribution in [0.2, 0.25) is 0 Å². The highest BCUT2D eigenvalue weighted by atomic mass is 16.3. The van der Waals surface area contributed by atoms with Crippen LogP contribution in [0.25, 0.3) is 0 Å². The quantitative estimate of drug-likeness (QED) is 0.884. The highest BCUT2D eigenvalue weighted by Gasteiger charge is 2.46. The Labute approximate surface area is 165 Å². The first kappa shape index (κ1) is 17.5. The van der Waals surface area contributed by atoms with Gasteiger partial charge < -0.3 is 14.6 Å². The molecular formula is C23H26N2O3. The molecule has 1 spiro atoms. The van der Waals surface area contributed by atoms with Gasteiger partial charge in [-0.1, -0.05) is 24.3 Å². The standard InChI is InChI=1S/C23H26N2O3/c26-21(24-18-5-6-18)13-17-14-23(20-4-2-1-3-19(17)20)8-10-25(11-9-23)22(27)16-7-12-28-15-16/h1-4,7,12,15,17-18H,5-6,8-11,13-14H2,(H,24,26)/t17-/m0/s1. The van der Waals surface area contributed by atoms with E-state index in [4.69, 9.17) is 4.42 Å². The van der Waals surface area contributed by atoms with Gasteiger partial charge in [-0.15, -0.1) is 0 Å². The summed E-state index contributed by atoms with van der Waals surface area (Å²) in [6.07, 6.45) is 8.80. The lowest BCUT2D eigenvalue weighted by molar-refractivity contribution is -0.121. The molecule has 2 heterocycles. The molecule has 146 valence electrons. The van der Waals surface area contributed by atoms with Gasteiger partial charge in [-0.2, -0.15) is 0 Å². The minimum Gasteiger partial charge on any atom is -0.472 e. The summed E-state index contributed by atoms with van der Waals surface area (Å²) in [4.78, 5) is 27.0. The van der Waals surface area contributed by atoms with Gasteiger partial charge in [-0.25, -0.2) is 0 Å². The number of benzene rings is 1. The summed E-state index contributed by atoms with van der Waals surface area (Å²) in [5, 5.41) is 3.14. The molecule has 1 aromatic carbocycles. The third-order valence-electron chi connectivity index (χ3n) is 6.76. The number of furan rings is 1. The summed E-state index contributed by atoms with van der Waals surface area (Å²) in [6.45, 7) is 1.50. The maximum absolute atomic E-state index is 12.6. The van der Waals surface area contributed by atoms with Crippen LogP contribution in [0.5, 0.6) is 0 Å². The van der Waals surface area contributed by atoms with Crippen LogP contribution in [-0.4, -0.2) is 35.8 Å². The van der Waals surface area contributed by atoms with Gasteiger partial charge in [0.05, 0.1) is 11.8 Å². The first-order chi connectivity index (χ1) is 13.6. The molecule has 28 heavy (non-hydrogen) atoms. The van der Waals surface area contributed by atoms with Gasteiger partial charge in [0.15, 0.2) is 0 Å². The Morgan fingerprint density at radius 2 is 1.93 bits per heavy atom. The van der Waals surface area contributed by atoms with Crippen LogP contribution >= 0.6 is 0 Å². The van der Waals surface area contributed by atoms with Crippen molar-refractivity contribution >= 4 is 11.8 Å². The zero-order valence-corrected chi connectivity index (χ0v) is 16.0. The Kier molecular flexibility index (Phi) is 4.26. The van der Waals surface area contributed by atoms with Crippen LogP contribution in [0.15, 0.2) is 47.3 Å². The fourth-order valence-electron chi connectivity index (χ4n) is 5.13. The minimum absolute atomic E-state index is 0.0512. The van der Waals surface area contributed by atoms with E-state index in [0.717, 1.165) is 45.2 Å². The molecule has 5 rings (SSSR count). The zero-order valence-electron chi connectivity index (χ0n) is 16.0. The van der Waals surface area contributed by atoms with Crippen molar-refractivity contribution in [1.82, 2.24) is 10.2 Å². The Bertz CT molecular complexity index is 877. The Morgan fingerprint density at radius 1 is 1.14 bits per heavy atom. The maximum Gasteiger partial charge on any atom is 0.257 e. The number of rotatable bonds is 4. The number of hydrogen-bond donors (Lipinski definition) is 1. The van der Waals surface area contributed by atoms with Crippen LogP contribution in [0.4, 0.5) is 0 Å². The van der Waals surface area contributed by atoms with Crippen molar-refractivity contribution in [2.24, 2.45) is 0 Å². The average molecular weight is 378 g/mol. The van der Waals surface area contributed by atoms with Crippen molar-refractivity contribution in [3.63, 3.8) is 0 Å². The molecule has 3 aliphatic rings. The van der Waals surface area contributed by atoms with E-state index in [1.54, 1.807) is 12.3 Å². The predicted octanol–water partition coefficient (Wildman–Crippen LogP) is 3.61. The number of piperidine rings is 1. The molecule has 5 nitrogen and oxygen atoms in total. The van der Waals surface area contributed by atoms with Crippen LogP contribution in [0, 0.1) is 0 Å². The van der Waals surface area contributed by atoms with Gasteiger partial charge in [-0.05, 0) is 60.6 Å². The lowest BCUT2D eigenvalue weighted by Crippen LogP contribution is -2.44. The molecule has 2 aliphatic carbocycles. The van der Waals surface area contributed by atoms with E-state index in [1.165, 1.54) is 17.4 Å². The van der Waals surface area contributed by atoms with Gasteiger partial charge in [0.1, 0.15) is 6.26 Å². The SMILES string of the molecule is O=C(C[C@H]1CC2(CCN(C(=O)c3ccoc3)CC2)c2ccccc21)NC1CC1. The van der Waals surface area contributed by atoms with E-state index in [0.29, 0.717) is 18.0 Å². The topological polar surface area (TPSA) is 62.6 Å². The van der Waals surface area contributed by atoms with Gasteiger partial charge >= 0.3 is 0 Å². The average Bonchev–Trinajstić information content (AvgIpc) is 3.25. The molecule has 0 radical (unpaired) electrons. The van der Waals surface area contributed by atoms with Gasteiger partial charge in [0.2, 0.25) is 5.91 Å². The molecule has 1 aliphatic heterocycles. The largest absolute Gasteiger partial charge is 0.472 e. The summed E-state index contributed by atoms with van der Waals surface area (Å²) >= 11 is 0. The van der Waals surface area contributed by atoms with Crippen molar-refractivity contribution in [1.29, 1.82) is 0 Å². The molecule has 2 aromatic rings. The number of likely N-dealkylation sites (tertiary alicyclic amines) is 1. The number of hydrogen-bond acceptors (Lipinski definition) is 3. The van der Waals surface area contributed by atoms with Crippen molar-refractivity contribution in [3.05, 3.63) is 59.5 Å². The molecule has 5 heteroatoms. The summed E-state index contributed by atoms with van der Waals surface area (Å²) in [5.74, 6) is 0.522. The van der Waals surface area contributed by atoms with Gasteiger partial charge in [0, 0.05) is 25.6 Å². The van der Waals surface area contributed by atoms with Gasteiger partial charge in [0.25, 0.3) is 5.91 Å². The molecule has 2 fully saturated rings. The predicted molar refractivity (Wildman–Crippen MR) is 105 cm³/mol. The van der Waals surface area contributed by atoms with E-state index in [1.807, 2.05) is 4.90 Å². The molecule has 1 aromatic heterocycles. The molecule has 2 amide bonds. The Balaban J connectivity index is 1.31. The molecule has 0 bridgehead atoms. The second-order valence-electron chi connectivity index (χ2n) is 8.62. The maximum atomic E-state index is 12.6. The highest BCUT2D eigenvalue weighted by molar-refractivity contribution is 5.93. The second-order valence-corrected chi connectivity index (χ2v) is 8.62. The van der Waals surface area contributed by atoms with E-state index in [9.17, 15) is 9.59 Å². The Hall–Kier alpha value is -2.56. The normalized spacial score (nSPS) is 22.9. The Morgan fingerprint density at radius 3 is 2.64 bits per heavy atom. The third kappa shape index (κ3) is 3.13. The van der Waals surface area contributed by atoms with Crippen LogP contribution in [0.1, 0.15) is 65.9 Å². The fourth-order valence-corrected chi connectivity index (χ4v) is 5.13. The van der Waals surface area contributed by atoms with Crippen molar-refractivity contribution in [2.75, 3.05) is 13.1 Å². The number of amides is 2. The molecule has 1 N–H and O–H groups in total. The first-order valence-electron chi connectivity index (χ1n) is 10.3. The van der Waals surface area contributed by atoms with E-state index in [2.05, 4.69) is 29.6 Å². The molecule has 1 saturated heterocycles. The first-order valence-corrected chi connectivity index (χ1v) is 10.3.